The van der Waals surface area contributed by atoms with E-state index in [9.17, 15) is 4.79 Å². The summed E-state index contributed by atoms with van der Waals surface area (Å²) >= 11 is 0. The molecule has 0 aromatic rings. The molecule has 1 nitrogen and oxygen atoms in total. The summed E-state index contributed by atoms with van der Waals surface area (Å²) in [5, 5.41) is 0. The van der Waals surface area contributed by atoms with Crippen molar-refractivity contribution in [2.75, 3.05) is 0 Å². The molecule has 2 fully saturated rings. The molecular formula is C14H20O. The Bertz CT molecular complexity index is 317. The van der Waals surface area contributed by atoms with E-state index in [0.717, 1.165) is 23.7 Å². The van der Waals surface area contributed by atoms with Crippen molar-refractivity contribution in [1.82, 2.24) is 0 Å². The van der Waals surface area contributed by atoms with Crippen LogP contribution in [0.3, 0.4) is 0 Å². The summed E-state index contributed by atoms with van der Waals surface area (Å²) in [6, 6.07) is 0. The number of hydrogen-bond donors (Lipinski definition) is 0. The third kappa shape index (κ3) is 1.25. The van der Waals surface area contributed by atoms with Crippen molar-refractivity contribution in [2.24, 2.45) is 35.5 Å². The Morgan fingerprint density at radius 1 is 1.27 bits per heavy atom. The normalized spacial score (nSPS) is 51.9. The van der Waals surface area contributed by atoms with Gasteiger partial charge in [0.25, 0.3) is 0 Å². The second-order valence-corrected chi connectivity index (χ2v) is 5.88. The maximum atomic E-state index is 11.6. The highest BCUT2D eigenvalue weighted by Gasteiger charge is 2.54. The van der Waals surface area contributed by atoms with E-state index in [1.807, 2.05) is 0 Å². The molecule has 0 N–H and O–H groups in total. The van der Waals surface area contributed by atoms with Gasteiger partial charge in [0.1, 0.15) is 5.78 Å². The highest BCUT2D eigenvalue weighted by Crippen LogP contribution is 2.60. The fourth-order valence-corrected chi connectivity index (χ4v) is 4.69. The molecule has 0 saturated heterocycles. The number of allylic oxidation sites excluding steroid dienone is 2. The first-order chi connectivity index (χ1) is 7.18. The van der Waals surface area contributed by atoms with Crippen LogP contribution in [0.25, 0.3) is 0 Å². The number of hydrogen-bond acceptors (Lipinski definition) is 1. The lowest BCUT2D eigenvalue weighted by Crippen LogP contribution is -2.35. The maximum absolute atomic E-state index is 11.6. The molecule has 0 heterocycles. The third-order valence-corrected chi connectivity index (χ3v) is 5.22. The maximum Gasteiger partial charge on any atom is 0.133 e. The van der Waals surface area contributed by atoms with Gasteiger partial charge in [-0.1, -0.05) is 19.1 Å². The number of ketones is 1. The Kier molecular flexibility index (Phi) is 2.05. The Morgan fingerprint density at radius 3 is 2.80 bits per heavy atom. The summed E-state index contributed by atoms with van der Waals surface area (Å²) in [6.07, 6.45) is 8.56. The van der Waals surface area contributed by atoms with Gasteiger partial charge in [0, 0.05) is 5.92 Å². The molecular weight excluding hydrogens is 184 g/mol. The van der Waals surface area contributed by atoms with Gasteiger partial charge in [-0.2, -0.15) is 0 Å². The van der Waals surface area contributed by atoms with Crippen LogP contribution >= 0.6 is 0 Å². The van der Waals surface area contributed by atoms with Gasteiger partial charge >= 0.3 is 0 Å². The fourth-order valence-electron chi connectivity index (χ4n) is 4.69. The van der Waals surface area contributed by atoms with E-state index in [0.29, 0.717) is 17.6 Å². The molecule has 3 rings (SSSR count). The zero-order chi connectivity index (χ0) is 10.6. The second-order valence-electron chi connectivity index (χ2n) is 5.88. The minimum absolute atomic E-state index is 0.408. The second kappa shape index (κ2) is 3.20. The lowest BCUT2D eigenvalue weighted by Gasteiger charge is -2.39. The van der Waals surface area contributed by atoms with E-state index in [4.69, 9.17) is 0 Å². The molecule has 15 heavy (non-hydrogen) atoms. The van der Waals surface area contributed by atoms with Crippen LogP contribution in [0, 0.1) is 35.5 Å². The summed E-state index contributed by atoms with van der Waals surface area (Å²) < 4.78 is 0. The van der Waals surface area contributed by atoms with Crippen LogP contribution in [-0.2, 0) is 4.79 Å². The lowest BCUT2D eigenvalue weighted by atomic mass is 9.65. The van der Waals surface area contributed by atoms with Crippen LogP contribution in [0.1, 0.15) is 33.1 Å². The largest absolute Gasteiger partial charge is 0.300 e. The Labute approximate surface area is 91.9 Å². The number of carbonyl (C=O) groups is 1. The fraction of sp³-hybridized carbons (Fsp3) is 0.786. The van der Waals surface area contributed by atoms with E-state index in [2.05, 4.69) is 19.1 Å². The molecule has 0 aromatic heterocycles. The topological polar surface area (TPSA) is 17.1 Å². The SMILES string of the molecule is CC(=O)C1CC2CC1C1C(C)C=CCC21. The van der Waals surface area contributed by atoms with E-state index in [1.54, 1.807) is 6.92 Å². The molecule has 0 radical (unpaired) electrons. The van der Waals surface area contributed by atoms with Crippen LogP contribution in [0.5, 0.6) is 0 Å². The minimum Gasteiger partial charge on any atom is -0.300 e. The molecule has 2 bridgehead atoms. The van der Waals surface area contributed by atoms with Crippen molar-refractivity contribution in [3.8, 4) is 0 Å². The molecule has 1 heteroatoms. The highest BCUT2D eigenvalue weighted by atomic mass is 16.1. The Morgan fingerprint density at radius 2 is 2.07 bits per heavy atom. The summed E-state index contributed by atoms with van der Waals surface area (Å²) in [5.41, 5.74) is 0. The van der Waals surface area contributed by atoms with Crippen LogP contribution in [0.2, 0.25) is 0 Å². The van der Waals surface area contributed by atoms with Crippen molar-refractivity contribution in [3.05, 3.63) is 12.2 Å². The predicted octanol–water partition coefficient (Wildman–Crippen LogP) is 3.06. The van der Waals surface area contributed by atoms with Gasteiger partial charge in [-0.25, -0.2) is 0 Å². The monoisotopic (exact) mass is 204 g/mol. The minimum atomic E-state index is 0.408. The first-order valence-electron chi connectivity index (χ1n) is 6.35. The summed E-state index contributed by atoms with van der Waals surface area (Å²) in [6.45, 7) is 4.13. The first kappa shape index (κ1) is 9.62. The number of fused-ring (bicyclic) bond motifs is 5. The first-order valence-corrected chi connectivity index (χ1v) is 6.35. The molecule has 3 aliphatic carbocycles. The van der Waals surface area contributed by atoms with Crippen LogP contribution in [0.15, 0.2) is 12.2 Å². The average molecular weight is 204 g/mol. The van der Waals surface area contributed by atoms with Crippen LogP contribution in [0.4, 0.5) is 0 Å². The van der Waals surface area contributed by atoms with Gasteiger partial charge in [0.15, 0.2) is 0 Å². The molecule has 0 amide bonds. The summed E-state index contributed by atoms with van der Waals surface area (Å²) in [5.74, 6) is 4.88. The number of carbonyl (C=O) groups excluding carboxylic acids is 1. The van der Waals surface area contributed by atoms with Crippen molar-refractivity contribution in [1.29, 1.82) is 0 Å². The molecule has 82 valence electrons. The van der Waals surface area contributed by atoms with Crippen LogP contribution < -0.4 is 0 Å². The number of rotatable bonds is 1. The van der Waals surface area contributed by atoms with E-state index in [1.165, 1.54) is 19.3 Å². The van der Waals surface area contributed by atoms with Gasteiger partial charge in [-0.05, 0) is 55.8 Å². The van der Waals surface area contributed by atoms with Gasteiger partial charge in [-0.15, -0.1) is 0 Å². The summed E-state index contributed by atoms with van der Waals surface area (Å²) in [4.78, 5) is 11.6. The van der Waals surface area contributed by atoms with Gasteiger partial charge in [0.05, 0.1) is 0 Å². The van der Waals surface area contributed by atoms with Crippen molar-refractivity contribution < 1.29 is 4.79 Å². The molecule has 0 aliphatic heterocycles. The van der Waals surface area contributed by atoms with Gasteiger partial charge < -0.3 is 0 Å². The zero-order valence-electron chi connectivity index (χ0n) is 9.65. The van der Waals surface area contributed by atoms with E-state index < -0.39 is 0 Å². The Balaban J connectivity index is 1.89. The summed E-state index contributed by atoms with van der Waals surface area (Å²) in [7, 11) is 0. The molecule has 6 atom stereocenters. The zero-order valence-corrected chi connectivity index (χ0v) is 9.65. The Hall–Kier alpha value is -0.590. The van der Waals surface area contributed by atoms with E-state index >= 15 is 0 Å². The standard InChI is InChI=1S/C14H20O/c1-8-4-3-5-11-10-6-12(9(2)15)13(7-10)14(8)11/h3-4,8,10-14H,5-7H2,1-2H3. The van der Waals surface area contributed by atoms with Gasteiger partial charge in [-0.3, -0.25) is 4.79 Å². The highest BCUT2D eigenvalue weighted by molar-refractivity contribution is 5.79. The molecule has 6 unspecified atom stereocenters. The van der Waals surface area contributed by atoms with Crippen molar-refractivity contribution >= 4 is 5.78 Å². The van der Waals surface area contributed by atoms with Gasteiger partial charge in [0.2, 0.25) is 0 Å². The predicted molar refractivity (Wildman–Crippen MR) is 60.3 cm³/mol. The molecule has 0 aromatic carbocycles. The third-order valence-electron chi connectivity index (χ3n) is 5.22. The molecule has 2 saturated carbocycles. The molecule has 3 aliphatic rings. The van der Waals surface area contributed by atoms with Crippen LogP contribution in [-0.4, -0.2) is 5.78 Å². The quantitative estimate of drug-likeness (QED) is 0.600. The number of Topliss-reactive ketones (excluding diaryl/α,β-unsaturated/α-hetero) is 1. The molecule has 0 spiro atoms. The van der Waals surface area contributed by atoms with Crippen molar-refractivity contribution in [2.45, 2.75) is 33.1 Å². The average Bonchev–Trinajstić information content (AvgIpc) is 2.75. The van der Waals surface area contributed by atoms with E-state index in [-0.39, 0.29) is 0 Å². The van der Waals surface area contributed by atoms with Crippen molar-refractivity contribution in [3.63, 3.8) is 0 Å². The lowest BCUT2D eigenvalue weighted by molar-refractivity contribution is -0.123. The smallest absolute Gasteiger partial charge is 0.133 e.